The van der Waals surface area contributed by atoms with Gasteiger partial charge in [0, 0.05) is 51.7 Å². The quantitative estimate of drug-likeness (QED) is 0.0382. The van der Waals surface area contributed by atoms with Crippen LogP contribution in [0.25, 0.3) is 4.85 Å². The van der Waals surface area contributed by atoms with Gasteiger partial charge < -0.3 is 97.0 Å². The second-order valence-electron chi connectivity index (χ2n) is 16.1. The highest BCUT2D eigenvalue weighted by Crippen LogP contribution is 2.41. The minimum absolute atomic E-state index is 0.0686. The van der Waals surface area contributed by atoms with E-state index in [4.69, 9.17) is 94.0 Å². The van der Waals surface area contributed by atoms with E-state index >= 15 is 0 Å². The molecular formula is C44H84B2NO19P. The summed E-state index contributed by atoms with van der Waals surface area (Å²) in [5.74, 6) is 0. The molecule has 0 spiro atoms. The van der Waals surface area contributed by atoms with Crippen molar-refractivity contribution in [3.05, 3.63) is 11.4 Å². The van der Waals surface area contributed by atoms with Crippen molar-refractivity contribution in [2.24, 2.45) is 0 Å². The van der Waals surface area contributed by atoms with Crippen molar-refractivity contribution in [2.45, 2.75) is 204 Å². The van der Waals surface area contributed by atoms with Gasteiger partial charge in [-0.15, -0.1) is 0 Å². The lowest BCUT2D eigenvalue weighted by atomic mass is 9.92. The summed E-state index contributed by atoms with van der Waals surface area (Å²) in [6.07, 6.45) is -4.97. The molecule has 67 heavy (non-hydrogen) atoms. The Balaban J connectivity index is 0.000000425. The van der Waals surface area contributed by atoms with E-state index in [2.05, 4.69) is 4.85 Å². The van der Waals surface area contributed by atoms with E-state index in [9.17, 15) is 20.4 Å². The Morgan fingerprint density at radius 2 is 0.821 bits per heavy atom. The van der Waals surface area contributed by atoms with Gasteiger partial charge in [-0.05, 0) is 68.2 Å². The van der Waals surface area contributed by atoms with E-state index in [0.29, 0.717) is 46.2 Å². The maximum Gasteiger partial charge on any atom is 0.238 e. The average molecular weight is 984 g/mol. The highest BCUT2D eigenvalue weighted by atomic mass is 31.2. The average Bonchev–Trinajstić information content (AvgIpc) is 4.04. The highest BCUT2D eigenvalue weighted by Gasteiger charge is 2.45. The van der Waals surface area contributed by atoms with Gasteiger partial charge in [-0.3, -0.25) is 0 Å². The molecule has 0 saturated carbocycles. The minimum atomic E-state index is -1.05. The number of aliphatic hydroxyl groups excluding tert-OH is 7. The van der Waals surface area contributed by atoms with Gasteiger partial charge in [0.15, 0.2) is 8.38 Å². The molecule has 0 aromatic rings. The summed E-state index contributed by atoms with van der Waals surface area (Å²) in [7, 11) is 10.5. The summed E-state index contributed by atoms with van der Waals surface area (Å²) in [6, 6.07) is -0.938. The highest BCUT2D eigenvalue weighted by molar-refractivity contribution is 7.46. The second kappa shape index (κ2) is 35.4. The van der Waals surface area contributed by atoms with Gasteiger partial charge in [0.1, 0.15) is 102 Å². The van der Waals surface area contributed by atoms with E-state index in [0.717, 1.165) is 12.8 Å². The van der Waals surface area contributed by atoms with Gasteiger partial charge in [0.25, 0.3) is 0 Å². The van der Waals surface area contributed by atoms with Crippen LogP contribution in [-0.2, 0) is 56.4 Å². The molecule has 5 fully saturated rings. The number of rotatable bonds is 20. The SMILES string of the molecule is CCOC1[C@H](C)O[C@H](CO)[C@@H]1O.CCOC1[C@H](C)O[C@H](CO)[C@@H]1O.CCOC1[C@H](C)O[C@H](CO)[C@@H]1O.[B][C@@H]1O[C@H](CC)[C@H](O)C1OCC.[B][C@@H]1O[C@H](CC)[C@H](OP(C)OCC[N+]#[C-])C1OCC. The monoisotopic (exact) mass is 984 g/mol. The number of nitrogens with zero attached hydrogens (tertiary/aromatic N) is 1. The van der Waals surface area contributed by atoms with Crippen LogP contribution in [0.4, 0.5) is 0 Å². The molecule has 0 aliphatic carbocycles. The van der Waals surface area contributed by atoms with Crippen molar-refractivity contribution in [2.75, 3.05) is 72.7 Å². The molecule has 5 aliphatic heterocycles. The zero-order chi connectivity index (χ0) is 50.8. The normalized spacial score (nSPS) is 39.2. The van der Waals surface area contributed by atoms with Crippen molar-refractivity contribution in [1.29, 1.82) is 0 Å². The van der Waals surface area contributed by atoms with E-state index < -0.39 is 63.1 Å². The van der Waals surface area contributed by atoms with Gasteiger partial charge in [0.2, 0.25) is 6.54 Å². The van der Waals surface area contributed by atoms with Crippen molar-refractivity contribution in [1.82, 2.24) is 0 Å². The van der Waals surface area contributed by atoms with Gasteiger partial charge in [0.05, 0.1) is 50.3 Å². The fourth-order valence-electron chi connectivity index (χ4n) is 8.00. The standard InChI is InChI=1S/C12H21BNO4P.C8H15BO3.3C8H16O4/c1-5-9-10(11(15-6-2)12(13)17-9)18-19(4)16-8-7-14-3;1-3-5-6(10)7(11-4-2)8(9)12-5;3*1-3-11-8-5(2)12-6(4-9)7(8)10/h9-12H,5-8H2,1-2,4H3;5-8,10H,3-4H2,1-2H3;3*5-10H,3-4H2,1-2H3/t9-,10+,11?,12-,19?;5-,6+,7?,8-;3*5-,6+,7-,8?/m11000/s1. The lowest BCUT2D eigenvalue weighted by molar-refractivity contribution is -0.0274. The van der Waals surface area contributed by atoms with E-state index in [1.54, 1.807) is 0 Å². The van der Waals surface area contributed by atoms with Crippen molar-refractivity contribution in [3.8, 4) is 0 Å². The lowest BCUT2D eigenvalue weighted by Gasteiger charge is -2.25. The number of ether oxygens (including phenoxy) is 10. The predicted octanol–water partition coefficient (Wildman–Crippen LogP) is 0.609. The second-order valence-corrected chi connectivity index (χ2v) is 17.4. The van der Waals surface area contributed by atoms with Crippen LogP contribution in [0.5, 0.6) is 0 Å². The Hall–Kier alpha value is -0.710. The van der Waals surface area contributed by atoms with Gasteiger partial charge in [-0.2, -0.15) is 0 Å². The summed E-state index contributed by atoms with van der Waals surface area (Å²) in [4.78, 5) is 3.24. The van der Waals surface area contributed by atoms with Crippen molar-refractivity contribution < 1.29 is 92.2 Å². The molecule has 7 N–H and O–H groups in total. The lowest BCUT2D eigenvalue weighted by Crippen LogP contribution is -2.36. The fourth-order valence-corrected chi connectivity index (χ4v) is 9.00. The predicted molar refractivity (Wildman–Crippen MR) is 250 cm³/mol. The molecular weight excluding hydrogens is 899 g/mol. The van der Waals surface area contributed by atoms with Crippen LogP contribution < -0.4 is 0 Å². The third kappa shape index (κ3) is 20.4. The van der Waals surface area contributed by atoms with Gasteiger partial charge in [-0.1, -0.05) is 13.8 Å². The molecule has 390 valence electrons. The first-order valence-corrected chi connectivity index (χ1v) is 25.4. The topological polar surface area (TPSA) is 257 Å². The molecule has 23 heteroatoms. The maximum absolute atomic E-state index is 9.62. The number of aliphatic hydroxyl groups is 7. The Kier molecular flexibility index (Phi) is 34.0. The van der Waals surface area contributed by atoms with Crippen LogP contribution >= 0.6 is 8.38 Å². The third-order valence-corrected chi connectivity index (χ3v) is 12.4. The summed E-state index contributed by atoms with van der Waals surface area (Å²) < 4.78 is 64.8. The van der Waals surface area contributed by atoms with Crippen LogP contribution in [-0.4, -0.2) is 246 Å². The molecule has 20 nitrogen and oxygen atoms in total. The molecule has 5 rings (SSSR count). The molecule has 21 atom stereocenters. The first-order valence-electron chi connectivity index (χ1n) is 23.7. The molecule has 0 aromatic carbocycles. The summed E-state index contributed by atoms with van der Waals surface area (Å²) in [5, 5.41) is 64.6. The van der Waals surface area contributed by atoms with Gasteiger partial charge in [-0.25, -0.2) is 6.57 Å². The van der Waals surface area contributed by atoms with Crippen LogP contribution in [0.3, 0.4) is 0 Å². The molecule has 0 bridgehead atoms. The van der Waals surface area contributed by atoms with Gasteiger partial charge >= 0.3 is 0 Å². The van der Waals surface area contributed by atoms with Crippen LogP contribution in [0.1, 0.15) is 82.1 Å². The van der Waals surface area contributed by atoms with E-state index in [1.807, 2.05) is 75.9 Å². The number of hydrogen-bond donors (Lipinski definition) is 7. The zero-order valence-corrected chi connectivity index (χ0v) is 42.5. The molecule has 5 saturated heterocycles. The first-order chi connectivity index (χ1) is 31.9. The van der Waals surface area contributed by atoms with Crippen LogP contribution in [0.15, 0.2) is 0 Å². The van der Waals surface area contributed by atoms with Crippen LogP contribution in [0, 0.1) is 6.57 Å². The molecule has 0 amide bonds. The van der Waals surface area contributed by atoms with Crippen molar-refractivity contribution >= 4 is 24.1 Å². The number of hydrogen-bond acceptors (Lipinski definition) is 19. The van der Waals surface area contributed by atoms with E-state index in [-0.39, 0.29) is 87.0 Å². The summed E-state index contributed by atoms with van der Waals surface area (Å²) in [5.41, 5.74) is 0. The smallest absolute Gasteiger partial charge is 0.238 e. The molecule has 5 heterocycles. The molecule has 0 aromatic heterocycles. The van der Waals surface area contributed by atoms with E-state index in [1.165, 1.54) is 0 Å². The largest absolute Gasteiger partial charge is 0.394 e. The first kappa shape index (κ1) is 64.3. The minimum Gasteiger partial charge on any atom is -0.394 e. The Morgan fingerprint density at radius 3 is 1.13 bits per heavy atom. The molecule has 4 radical (unpaired) electrons. The summed E-state index contributed by atoms with van der Waals surface area (Å²) in [6.45, 7) is 30.5. The molecule has 6 unspecified atom stereocenters. The Bertz CT molecular complexity index is 1160. The molecule has 5 aliphatic rings. The van der Waals surface area contributed by atoms with Crippen LogP contribution in [0.2, 0.25) is 0 Å². The maximum atomic E-state index is 9.62. The Morgan fingerprint density at radius 1 is 0.493 bits per heavy atom. The fraction of sp³-hybridized carbons (Fsp3) is 0.977. The Labute approximate surface area is 403 Å². The third-order valence-electron chi connectivity index (χ3n) is 11.3. The zero-order valence-electron chi connectivity index (χ0n) is 41.6. The summed E-state index contributed by atoms with van der Waals surface area (Å²) >= 11 is 0. The van der Waals surface area contributed by atoms with Crippen molar-refractivity contribution in [3.63, 3.8) is 0 Å².